The lowest BCUT2D eigenvalue weighted by Crippen LogP contribution is -1.97. The minimum absolute atomic E-state index is 0.913. The van der Waals surface area contributed by atoms with Crippen LogP contribution >= 0.6 is 15.9 Å². The van der Waals surface area contributed by atoms with E-state index < -0.39 is 0 Å². The molecule has 4 rings (SSSR count). The van der Waals surface area contributed by atoms with Crippen molar-refractivity contribution in [3.8, 4) is 0 Å². The van der Waals surface area contributed by atoms with E-state index in [0.29, 0.717) is 0 Å². The van der Waals surface area contributed by atoms with Crippen LogP contribution in [0, 0.1) is 0 Å². The van der Waals surface area contributed by atoms with E-state index in [4.69, 9.17) is 0 Å². The molecule has 0 unspecified atom stereocenters. The molecule has 4 aromatic rings. The number of nitrogens with one attached hydrogen (secondary N) is 1. The molecule has 3 aromatic carbocycles. The van der Waals surface area contributed by atoms with Gasteiger partial charge in [0.05, 0.1) is 0 Å². The highest BCUT2D eigenvalue weighted by atomic mass is 79.9. The summed E-state index contributed by atoms with van der Waals surface area (Å²) in [6.45, 7) is 4.10. The van der Waals surface area contributed by atoms with Crippen molar-refractivity contribution in [2.75, 3.05) is 5.32 Å². The van der Waals surface area contributed by atoms with Gasteiger partial charge in [-0.3, -0.25) is 4.98 Å². The lowest BCUT2D eigenvalue weighted by molar-refractivity contribution is 1.19. The summed E-state index contributed by atoms with van der Waals surface area (Å²) < 4.78 is 1.07. The van der Waals surface area contributed by atoms with Crippen molar-refractivity contribution in [1.82, 2.24) is 4.98 Å². The molecule has 0 aliphatic carbocycles. The highest BCUT2D eigenvalue weighted by molar-refractivity contribution is 9.10. The first kappa shape index (κ1) is 20.6. The molecule has 0 bridgehead atoms. The first-order valence-corrected chi connectivity index (χ1v) is 10.2. The normalized spacial score (nSPS) is 9.83. The molecule has 1 heterocycles. The summed E-state index contributed by atoms with van der Waals surface area (Å²) in [5.41, 5.74) is 5.72. The molecule has 0 aliphatic heterocycles. The van der Waals surface area contributed by atoms with Gasteiger partial charge in [0.15, 0.2) is 0 Å². The van der Waals surface area contributed by atoms with Gasteiger partial charge in [-0.25, -0.2) is 0 Å². The molecule has 0 spiro atoms. The number of aromatic nitrogens is 1. The number of nitrogens with zero attached hydrogens (tertiary/aromatic N) is 1. The van der Waals surface area contributed by atoms with E-state index in [2.05, 4.69) is 93.5 Å². The topological polar surface area (TPSA) is 24.9 Å². The third-order valence-corrected chi connectivity index (χ3v) is 4.79. The lowest BCUT2D eigenvalue weighted by Gasteiger charge is -2.10. The molecule has 0 saturated heterocycles. The van der Waals surface area contributed by atoms with Gasteiger partial charge in [-0.1, -0.05) is 95.3 Å². The van der Waals surface area contributed by atoms with Crippen LogP contribution in [0.5, 0.6) is 0 Å². The van der Waals surface area contributed by atoms with Gasteiger partial charge in [0.1, 0.15) is 0 Å². The van der Waals surface area contributed by atoms with Gasteiger partial charge in [0, 0.05) is 28.3 Å². The number of benzene rings is 3. The molecule has 0 radical (unpaired) electrons. The standard InChI is InChI=1S/C21H19N.C5H4BrN/c1-17(20-10-6-3-7-11-20)22-21-14-12-19(13-15-21)16-18-8-4-2-5-9-18;6-5-1-3-7-4-2-5/h2-15,22H,1,16H2;1-4H. The summed E-state index contributed by atoms with van der Waals surface area (Å²) in [7, 11) is 0. The van der Waals surface area contributed by atoms with Crippen molar-refractivity contribution >= 4 is 27.3 Å². The van der Waals surface area contributed by atoms with E-state index in [9.17, 15) is 0 Å². The van der Waals surface area contributed by atoms with Crippen LogP contribution in [0.4, 0.5) is 5.69 Å². The molecule has 1 N–H and O–H groups in total. The van der Waals surface area contributed by atoms with E-state index in [1.165, 1.54) is 11.1 Å². The first-order valence-electron chi connectivity index (χ1n) is 9.40. The molecule has 144 valence electrons. The second-order valence-corrected chi connectivity index (χ2v) is 7.41. The van der Waals surface area contributed by atoms with E-state index in [1.807, 2.05) is 36.4 Å². The van der Waals surface area contributed by atoms with E-state index in [1.54, 1.807) is 12.4 Å². The summed E-state index contributed by atoms with van der Waals surface area (Å²) in [4.78, 5) is 3.82. The van der Waals surface area contributed by atoms with Gasteiger partial charge in [-0.2, -0.15) is 0 Å². The van der Waals surface area contributed by atoms with Gasteiger partial charge in [-0.15, -0.1) is 0 Å². The van der Waals surface area contributed by atoms with E-state index >= 15 is 0 Å². The van der Waals surface area contributed by atoms with Crippen LogP contribution in [-0.4, -0.2) is 4.98 Å². The molecule has 29 heavy (non-hydrogen) atoms. The summed E-state index contributed by atoms with van der Waals surface area (Å²) >= 11 is 3.27. The highest BCUT2D eigenvalue weighted by Crippen LogP contribution is 2.18. The largest absolute Gasteiger partial charge is 0.356 e. The summed E-state index contributed by atoms with van der Waals surface area (Å²) in [5, 5.41) is 3.35. The zero-order valence-electron chi connectivity index (χ0n) is 16.1. The predicted molar refractivity (Wildman–Crippen MR) is 127 cm³/mol. The van der Waals surface area contributed by atoms with Crippen LogP contribution in [0.25, 0.3) is 5.70 Å². The molecule has 0 aliphatic rings. The smallest absolute Gasteiger partial charge is 0.0384 e. The van der Waals surface area contributed by atoms with Gasteiger partial charge in [0.25, 0.3) is 0 Å². The van der Waals surface area contributed by atoms with Crippen molar-refractivity contribution in [2.45, 2.75) is 6.42 Å². The molecule has 0 fully saturated rings. The fourth-order valence-corrected chi connectivity index (χ4v) is 2.99. The highest BCUT2D eigenvalue weighted by Gasteiger charge is 2.00. The Morgan fingerprint density at radius 2 is 1.28 bits per heavy atom. The van der Waals surface area contributed by atoms with Crippen molar-refractivity contribution in [2.24, 2.45) is 0 Å². The zero-order valence-corrected chi connectivity index (χ0v) is 17.7. The number of pyridine rings is 1. The van der Waals surface area contributed by atoms with Crippen LogP contribution in [-0.2, 0) is 6.42 Å². The van der Waals surface area contributed by atoms with Crippen molar-refractivity contribution in [3.05, 3.63) is 137 Å². The monoisotopic (exact) mass is 442 g/mol. The molecular formula is C26H23BrN2. The Labute approximate surface area is 181 Å². The number of hydrogen-bond acceptors (Lipinski definition) is 2. The van der Waals surface area contributed by atoms with Crippen LogP contribution in [0.15, 0.2) is 121 Å². The van der Waals surface area contributed by atoms with Gasteiger partial charge in [-0.05, 0) is 47.4 Å². The van der Waals surface area contributed by atoms with E-state index in [0.717, 1.165) is 27.8 Å². The Balaban J connectivity index is 0.000000290. The fourth-order valence-electron chi connectivity index (χ4n) is 2.76. The number of halogens is 1. The molecule has 2 nitrogen and oxygen atoms in total. The summed E-state index contributed by atoms with van der Waals surface area (Å²) in [6, 6.07) is 33.0. The van der Waals surface area contributed by atoms with Crippen LogP contribution in [0.3, 0.4) is 0 Å². The van der Waals surface area contributed by atoms with Crippen molar-refractivity contribution < 1.29 is 0 Å². The van der Waals surface area contributed by atoms with E-state index in [-0.39, 0.29) is 0 Å². The molecule has 3 heteroatoms. The number of rotatable bonds is 5. The van der Waals surface area contributed by atoms with Crippen molar-refractivity contribution in [3.63, 3.8) is 0 Å². The summed E-state index contributed by atoms with van der Waals surface area (Å²) in [6.07, 6.45) is 4.44. The average molecular weight is 443 g/mol. The fraction of sp³-hybridized carbons (Fsp3) is 0.0385. The van der Waals surface area contributed by atoms with Crippen LogP contribution < -0.4 is 5.32 Å². The molecule has 0 saturated carbocycles. The summed E-state index contributed by atoms with van der Waals surface area (Å²) in [5.74, 6) is 0. The second-order valence-electron chi connectivity index (χ2n) is 6.49. The maximum atomic E-state index is 4.10. The Bertz CT molecular complexity index is 999. The van der Waals surface area contributed by atoms with Crippen LogP contribution in [0.1, 0.15) is 16.7 Å². The second kappa shape index (κ2) is 11.0. The SMILES string of the molecule is Brc1ccncc1.C=C(Nc1ccc(Cc2ccccc2)cc1)c1ccccc1. The Morgan fingerprint density at radius 1 is 0.724 bits per heavy atom. The number of hydrogen-bond donors (Lipinski definition) is 1. The Kier molecular flexibility index (Phi) is 7.79. The quantitative estimate of drug-likeness (QED) is 0.353. The molecular weight excluding hydrogens is 420 g/mol. The van der Waals surface area contributed by atoms with Gasteiger partial charge < -0.3 is 5.32 Å². The zero-order chi connectivity index (χ0) is 20.3. The van der Waals surface area contributed by atoms with Crippen molar-refractivity contribution in [1.29, 1.82) is 0 Å². The van der Waals surface area contributed by atoms with Crippen LogP contribution in [0.2, 0.25) is 0 Å². The minimum Gasteiger partial charge on any atom is -0.356 e. The third-order valence-electron chi connectivity index (χ3n) is 4.26. The minimum atomic E-state index is 0.913. The number of anilines is 1. The lowest BCUT2D eigenvalue weighted by atomic mass is 10.0. The molecule has 1 aromatic heterocycles. The van der Waals surface area contributed by atoms with Gasteiger partial charge in [0.2, 0.25) is 0 Å². The average Bonchev–Trinajstić information content (AvgIpc) is 2.77. The molecule has 0 atom stereocenters. The maximum absolute atomic E-state index is 4.10. The third kappa shape index (κ3) is 7.05. The van der Waals surface area contributed by atoms with Gasteiger partial charge >= 0.3 is 0 Å². The Morgan fingerprint density at radius 3 is 1.83 bits per heavy atom. The first-order chi connectivity index (χ1) is 14.2. The maximum Gasteiger partial charge on any atom is 0.0384 e. The molecule has 0 amide bonds. The Hall–Kier alpha value is -3.17. The predicted octanol–water partition coefficient (Wildman–Crippen LogP) is 7.20.